The minimum Gasteiger partial charge on any atom is -0.352 e. The van der Waals surface area contributed by atoms with E-state index in [1.54, 1.807) is 43.3 Å². The highest BCUT2D eigenvalue weighted by atomic mass is 32.2. The van der Waals surface area contributed by atoms with E-state index in [0.717, 1.165) is 31.2 Å². The summed E-state index contributed by atoms with van der Waals surface area (Å²) in [6, 6.07) is 15.5. The van der Waals surface area contributed by atoms with Gasteiger partial charge in [-0.3, -0.25) is 23.5 Å². The molecule has 2 aromatic carbocycles. The van der Waals surface area contributed by atoms with E-state index in [-0.39, 0.29) is 23.5 Å². The first-order valence-corrected chi connectivity index (χ1v) is 12.7. The predicted octanol–water partition coefficient (Wildman–Crippen LogP) is 3.16. The van der Waals surface area contributed by atoms with Crippen molar-refractivity contribution in [2.24, 2.45) is 0 Å². The van der Waals surface area contributed by atoms with Gasteiger partial charge in [-0.15, -0.1) is 0 Å². The molecule has 0 unspecified atom stereocenters. The van der Waals surface area contributed by atoms with E-state index in [1.165, 1.54) is 4.90 Å². The van der Waals surface area contributed by atoms with Crippen LogP contribution in [0.2, 0.25) is 0 Å². The molecule has 3 rings (SSSR count). The fraction of sp³-hybridized carbons (Fsp3) is 0.400. The lowest BCUT2D eigenvalue weighted by Gasteiger charge is -2.29. The van der Waals surface area contributed by atoms with Crippen molar-refractivity contribution in [3.8, 4) is 0 Å². The molecular formula is C25H31N3O4S. The van der Waals surface area contributed by atoms with Gasteiger partial charge in [-0.05, 0) is 51.0 Å². The zero-order valence-electron chi connectivity index (χ0n) is 19.1. The van der Waals surface area contributed by atoms with Gasteiger partial charge in [0.25, 0.3) is 0 Å². The topological polar surface area (TPSA) is 95.6 Å². The second kappa shape index (κ2) is 11.7. The van der Waals surface area contributed by atoms with Crippen LogP contribution in [-0.2, 0) is 25.2 Å². The maximum absolute atomic E-state index is 13.1. The summed E-state index contributed by atoms with van der Waals surface area (Å²) in [6.45, 7) is 3.61. The van der Waals surface area contributed by atoms with Crippen molar-refractivity contribution >= 4 is 39.9 Å². The minimum absolute atomic E-state index is 0.132. The molecule has 1 saturated carbocycles. The number of anilines is 2. The molecule has 2 aromatic rings. The predicted molar refractivity (Wildman–Crippen MR) is 131 cm³/mol. The Balaban J connectivity index is 1.64. The molecule has 0 aliphatic heterocycles. The van der Waals surface area contributed by atoms with Crippen molar-refractivity contribution in [2.75, 3.05) is 21.7 Å². The van der Waals surface area contributed by atoms with Gasteiger partial charge in [0.2, 0.25) is 17.7 Å². The highest BCUT2D eigenvalue weighted by Gasteiger charge is 2.30. The van der Waals surface area contributed by atoms with Gasteiger partial charge >= 0.3 is 0 Å². The number of nitrogens with zero attached hydrogens (tertiary/aromatic N) is 1. The number of amides is 3. The number of carbonyl (C=O) groups is 3. The van der Waals surface area contributed by atoms with Gasteiger partial charge in [-0.1, -0.05) is 48.7 Å². The monoisotopic (exact) mass is 469 g/mol. The lowest BCUT2D eigenvalue weighted by molar-refractivity contribution is -0.125. The molecule has 0 saturated heterocycles. The first-order valence-electron chi connectivity index (χ1n) is 11.2. The number of nitrogens with one attached hydrogen (secondary N) is 2. The number of hydrogen-bond donors (Lipinski definition) is 2. The van der Waals surface area contributed by atoms with Gasteiger partial charge in [-0.2, -0.15) is 0 Å². The fourth-order valence-electron chi connectivity index (χ4n) is 3.92. The SMILES string of the molecule is Cc1ccc(NC(=O)C[S@@](=O)CC(=O)N(c2ccccc2)[C@H](C)C(=O)NC2CCCC2)cc1. The van der Waals surface area contributed by atoms with Crippen LogP contribution in [0.25, 0.3) is 0 Å². The highest BCUT2D eigenvalue weighted by Crippen LogP contribution is 2.20. The van der Waals surface area contributed by atoms with Crippen LogP contribution < -0.4 is 15.5 Å². The highest BCUT2D eigenvalue weighted by molar-refractivity contribution is 7.86. The molecule has 176 valence electrons. The van der Waals surface area contributed by atoms with Gasteiger partial charge in [-0.25, -0.2) is 0 Å². The molecule has 8 heteroatoms. The Hall–Kier alpha value is -3.00. The zero-order valence-corrected chi connectivity index (χ0v) is 19.9. The Labute approximate surface area is 197 Å². The Morgan fingerprint density at radius 3 is 2.27 bits per heavy atom. The minimum atomic E-state index is -1.72. The second-order valence-electron chi connectivity index (χ2n) is 8.41. The molecule has 2 atom stereocenters. The van der Waals surface area contributed by atoms with E-state index >= 15 is 0 Å². The summed E-state index contributed by atoms with van der Waals surface area (Å²) in [7, 11) is -1.72. The molecule has 33 heavy (non-hydrogen) atoms. The smallest absolute Gasteiger partial charge is 0.243 e. The Morgan fingerprint density at radius 2 is 1.64 bits per heavy atom. The molecular weight excluding hydrogens is 438 g/mol. The number of rotatable bonds is 9. The van der Waals surface area contributed by atoms with Crippen LogP contribution in [-0.4, -0.2) is 45.5 Å². The first kappa shape index (κ1) is 24.6. The van der Waals surface area contributed by atoms with Crippen molar-refractivity contribution in [3.63, 3.8) is 0 Å². The van der Waals surface area contributed by atoms with Crippen LogP contribution in [0, 0.1) is 6.92 Å². The summed E-state index contributed by atoms with van der Waals surface area (Å²) in [4.78, 5) is 39.6. The molecule has 0 aromatic heterocycles. The van der Waals surface area contributed by atoms with Gasteiger partial charge in [0, 0.05) is 28.2 Å². The van der Waals surface area contributed by atoms with Crippen molar-refractivity contribution in [2.45, 2.75) is 51.6 Å². The van der Waals surface area contributed by atoms with Gasteiger partial charge in [0.1, 0.15) is 17.5 Å². The lowest BCUT2D eigenvalue weighted by Crippen LogP contribution is -2.51. The largest absolute Gasteiger partial charge is 0.352 e. The van der Waals surface area contributed by atoms with Crippen molar-refractivity contribution in [1.82, 2.24) is 5.32 Å². The average molecular weight is 470 g/mol. The summed E-state index contributed by atoms with van der Waals surface area (Å²) in [5, 5.41) is 5.72. The van der Waals surface area contributed by atoms with Crippen molar-refractivity contribution in [1.29, 1.82) is 0 Å². The number of aryl methyl sites for hydroxylation is 1. The molecule has 0 radical (unpaired) electrons. The third-order valence-corrected chi connectivity index (χ3v) is 6.84. The standard InChI is InChI=1S/C25H31N3O4S/c1-18-12-14-21(15-13-18)26-23(29)16-33(32)17-24(30)28(22-10-4-3-5-11-22)19(2)25(31)27-20-8-6-7-9-20/h3-5,10-15,19-20H,6-9,16-17H2,1-2H3,(H,26,29)(H,27,31)/t19-,33-/m1/s1. The van der Waals surface area contributed by atoms with Gasteiger partial charge < -0.3 is 10.6 Å². The summed E-state index contributed by atoms with van der Waals surface area (Å²) >= 11 is 0. The molecule has 2 N–H and O–H groups in total. The second-order valence-corrected chi connectivity index (χ2v) is 9.86. The Bertz CT molecular complexity index is 988. The molecule has 3 amide bonds. The van der Waals surface area contributed by atoms with Crippen LogP contribution in [0.15, 0.2) is 54.6 Å². The lowest BCUT2D eigenvalue weighted by atomic mass is 10.1. The normalized spacial score (nSPS) is 15.5. The van der Waals surface area contributed by atoms with Crippen molar-refractivity contribution in [3.05, 3.63) is 60.2 Å². The van der Waals surface area contributed by atoms with Crippen LogP contribution in [0.1, 0.15) is 38.2 Å². The average Bonchev–Trinajstić information content (AvgIpc) is 3.29. The molecule has 1 aliphatic rings. The third kappa shape index (κ3) is 7.25. The molecule has 7 nitrogen and oxygen atoms in total. The van der Waals surface area contributed by atoms with E-state index in [9.17, 15) is 18.6 Å². The quantitative estimate of drug-likeness (QED) is 0.590. The van der Waals surface area contributed by atoms with Crippen LogP contribution >= 0.6 is 0 Å². The zero-order chi connectivity index (χ0) is 23.8. The third-order valence-electron chi connectivity index (χ3n) is 5.68. The van der Waals surface area contributed by atoms with Gasteiger partial charge in [0.15, 0.2) is 0 Å². The molecule has 0 bridgehead atoms. The Morgan fingerprint density at radius 1 is 1.00 bits per heavy atom. The number of benzene rings is 2. The van der Waals surface area contributed by atoms with Crippen LogP contribution in [0.3, 0.4) is 0 Å². The van der Waals surface area contributed by atoms with E-state index in [0.29, 0.717) is 11.4 Å². The molecule has 0 heterocycles. The fourth-order valence-corrected chi connectivity index (χ4v) is 4.80. The van der Waals surface area contributed by atoms with Crippen LogP contribution in [0.5, 0.6) is 0 Å². The number of carbonyl (C=O) groups excluding carboxylic acids is 3. The van der Waals surface area contributed by atoms with Crippen LogP contribution in [0.4, 0.5) is 11.4 Å². The van der Waals surface area contributed by atoms with E-state index in [1.807, 2.05) is 25.1 Å². The summed E-state index contributed by atoms with van der Waals surface area (Å²) < 4.78 is 12.6. The van der Waals surface area contributed by atoms with Gasteiger partial charge in [0.05, 0.1) is 0 Å². The maximum Gasteiger partial charge on any atom is 0.243 e. The van der Waals surface area contributed by atoms with Crippen molar-refractivity contribution < 1.29 is 18.6 Å². The molecule has 0 spiro atoms. The first-order chi connectivity index (χ1) is 15.8. The maximum atomic E-state index is 13.1. The summed E-state index contributed by atoms with van der Waals surface area (Å²) in [5.74, 6) is -1.77. The number of hydrogen-bond acceptors (Lipinski definition) is 4. The summed E-state index contributed by atoms with van der Waals surface area (Å²) in [5.41, 5.74) is 2.23. The molecule has 1 fully saturated rings. The van der Waals surface area contributed by atoms with E-state index in [2.05, 4.69) is 10.6 Å². The Kier molecular flexibility index (Phi) is 8.77. The molecule has 1 aliphatic carbocycles. The number of para-hydroxylation sites is 1. The van der Waals surface area contributed by atoms with E-state index in [4.69, 9.17) is 0 Å². The van der Waals surface area contributed by atoms with E-state index < -0.39 is 28.7 Å². The summed E-state index contributed by atoms with van der Waals surface area (Å²) in [6.07, 6.45) is 4.06.